The molecule has 0 atom stereocenters. The topological polar surface area (TPSA) is 12.0 Å². The molecule has 1 aliphatic carbocycles. The summed E-state index contributed by atoms with van der Waals surface area (Å²) in [6.07, 6.45) is 2.74. The molecule has 0 unspecified atom stereocenters. The molecular formula is C19H23N. The molecule has 0 radical (unpaired) electrons. The van der Waals surface area contributed by atoms with Gasteiger partial charge in [-0.15, -0.1) is 0 Å². The van der Waals surface area contributed by atoms with E-state index in [1.165, 1.54) is 46.3 Å². The molecule has 2 aromatic carbocycles. The molecule has 3 rings (SSSR count). The maximum atomic E-state index is 3.61. The van der Waals surface area contributed by atoms with Crippen LogP contribution in [0.1, 0.15) is 46.6 Å². The van der Waals surface area contributed by atoms with E-state index in [0.717, 1.165) is 12.5 Å². The van der Waals surface area contributed by atoms with Crippen molar-refractivity contribution in [3.05, 3.63) is 64.2 Å². The number of rotatable bonds is 4. The zero-order valence-corrected chi connectivity index (χ0v) is 12.7. The molecule has 0 amide bonds. The first-order valence-electron chi connectivity index (χ1n) is 7.54. The Bertz CT molecular complexity index is 600. The van der Waals surface area contributed by atoms with E-state index in [4.69, 9.17) is 0 Å². The molecular weight excluding hydrogens is 242 g/mol. The monoisotopic (exact) mass is 265 g/mol. The maximum absolute atomic E-state index is 3.61. The van der Waals surface area contributed by atoms with Gasteiger partial charge in [0.1, 0.15) is 0 Å². The minimum absolute atomic E-state index is 0.831. The van der Waals surface area contributed by atoms with E-state index in [-0.39, 0.29) is 0 Å². The van der Waals surface area contributed by atoms with Gasteiger partial charge < -0.3 is 5.32 Å². The van der Waals surface area contributed by atoms with Crippen LogP contribution in [0.25, 0.3) is 0 Å². The van der Waals surface area contributed by atoms with E-state index in [1.807, 2.05) is 0 Å². The molecule has 0 spiro atoms. The summed E-state index contributed by atoms with van der Waals surface area (Å²) < 4.78 is 0. The molecule has 1 aliphatic rings. The van der Waals surface area contributed by atoms with Crippen LogP contribution in [0.15, 0.2) is 36.4 Å². The maximum Gasteiger partial charge on any atom is 0.0402 e. The molecule has 0 saturated heterocycles. The number of hydrogen-bond acceptors (Lipinski definition) is 1. The second-order valence-corrected chi connectivity index (χ2v) is 6.15. The predicted octanol–water partition coefficient (Wildman–Crippen LogP) is 5.10. The molecule has 1 saturated carbocycles. The van der Waals surface area contributed by atoms with Crippen LogP contribution in [-0.4, -0.2) is 0 Å². The van der Waals surface area contributed by atoms with Crippen LogP contribution in [0.2, 0.25) is 0 Å². The minimum atomic E-state index is 0.831. The molecule has 0 aliphatic heterocycles. The smallest absolute Gasteiger partial charge is 0.0402 e. The average molecular weight is 265 g/mol. The zero-order valence-electron chi connectivity index (χ0n) is 12.7. The fourth-order valence-electron chi connectivity index (χ4n) is 3.02. The summed E-state index contributed by atoms with van der Waals surface area (Å²) in [5.41, 5.74) is 8.19. The van der Waals surface area contributed by atoms with E-state index in [9.17, 15) is 0 Å². The van der Waals surface area contributed by atoms with Gasteiger partial charge in [-0.2, -0.15) is 0 Å². The molecule has 2 aromatic rings. The minimum Gasteiger partial charge on any atom is -0.381 e. The number of aryl methyl sites for hydroxylation is 3. The van der Waals surface area contributed by atoms with Crippen LogP contribution >= 0.6 is 0 Å². The van der Waals surface area contributed by atoms with Gasteiger partial charge in [0.15, 0.2) is 0 Å². The van der Waals surface area contributed by atoms with E-state index < -0.39 is 0 Å². The largest absolute Gasteiger partial charge is 0.381 e. The predicted molar refractivity (Wildman–Crippen MR) is 86.4 cm³/mol. The van der Waals surface area contributed by atoms with Gasteiger partial charge in [-0.25, -0.2) is 0 Å². The first-order chi connectivity index (χ1) is 9.63. The number of nitrogens with one attached hydrogen (secondary N) is 1. The lowest BCUT2D eigenvalue weighted by Crippen LogP contribution is -2.03. The Balaban J connectivity index is 1.74. The van der Waals surface area contributed by atoms with Crippen LogP contribution in [-0.2, 0) is 6.54 Å². The van der Waals surface area contributed by atoms with Crippen molar-refractivity contribution in [3.63, 3.8) is 0 Å². The molecule has 1 N–H and O–H groups in total. The van der Waals surface area contributed by atoms with Gasteiger partial charge in [0, 0.05) is 12.2 Å². The van der Waals surface area contributed by atoms with Crippen molar-refractivity contribution in [3.8, 4) is 0 Å². The Morgan fingerprint density at radius 1 is 1.00 bits per heavy atom. The fourth-order valence-corrected chi connectivity index (χ4v) is 3.02. The summed E-state index contributed by atoms with van der Waals surface area (Å²) in [4.78, 5) is 0. The highest BCUT2D eigenvalue weighted by molar-refractivity contribution is 5.58. The Morgan fingerprint density at radius 3 is 2.35 bits per heavy atom. The number of anilines is 1. The van der Waals surface area contributed by atoms with Gasteiger partial charge >= 0.3 is 0 Å². The highest BCUT2D eigenvalue weighted by Gasteiger charge is 2.23. The van der Waals surface area contributed by atoms with Gasteiger partial charge in [0.05, 0.1) is 0 Å². The van der Waals surface area contributed by atoms with Crippen molar-refractivity contribution in [2.75, 3.05) is 5.32 Å². The van der Waals surface area contributed by atoms with E-state index in [0.29, 0.717) is 0 Å². The van der Waals surface area contributed by atoms with Crippen LogP contribution < -0.4 is 5.32 Å². The Kier molecular flexibility index (Phi) is 3.52. The molecule has 1 fully saturated rings. The number of hydrogen-bond donors (Lipinski definition) is 1. The van der Waals surface area contributed by atoms with Crippen molar-refractivity contribution in [2.45, 2.75) is 46.1 Å². The third kappa shape index (κ3) is 2.87. The lowest BCUT2D eigenvalue weighted by molar-refractivity contribution is 1.08. The highest BCUT2D eigenvalue weighted by Crippen LogP contribution is 2.40. The molecule has 0 heterocycles. The van der Waals surface area contributed by atoms with Gasteiger partial charge in [-0.3, -0.25) is 0 Å². The van der Waals surface area contributed by atoms with E-state index in [2.05, 4.69) is 62.5 Å². The Labute approximate surface area is 122 Å². The summed E-state index contributed by atoms with van der Waals surface area (Å²) in [6, 6.07) is 13.5. The van der Waals surface area contributed by atoms with Crippen molar-refractivity contribution in [1.82, 2.24) is 0 Å². The van der Waals surface area contributed by atoms with Crippen LogP contribution in [0.4, 0.5) is 5.69 Å². The molecule has 1 nitrogen and oxygen atoms in total. The first kappa shape index (κ1) is 13.2. The Morgan fingerprint density at radius 2 is 1.70 bits per heavy atom. The normalized spacial score (nSPS) is 14.3. The third-order valence-corrected chi connectivity index (χ3v) is 4.15. The molecule has 20 heavy (non-hydrogen) atoms. The van der Waals surface area contributed by atoms with Crippen molar-refractivity contribution in [1.29, 1.82) is 0 Å². The van der Waals surface area contributed by atoms with Crippen LogP contribution in [0.3, 0.4) is 0 Å². The van der Waals surface area contributed by atoms with Gasteiger partial charge in [0.2, 0.25) is 0 Å². The van der Waals surface area contributed by atoms with E-state index in [1.54, 1.807) is 0 Å². The van der Waals surface area contributed by atoms with Crippen LogP contribution in [0, 0.1) is 20.8 Å². The standard InChI is InChI=1S/C19H23N/c1-13-9-14(2)19(15(3)10-13)20-12-16-5-4-6-18(11-16)17-7-8-17/h4-6,9-11,17,20H,7-8,12H2,1-3H3. The summed E-state index contributed by atoms with van der Waals surface area (Å²) >= 11 is 0. The second-order valence-electron chi connectivity index (χ2n) is 6.15. The number of benzene rings is 2. The van der Waals surface area contributed by atoms with E-state index >= 15 is 0 Å². The quantitative estimate of drug-likeness (QED) is 0.810. The van der Waals surface area contributed by atoms with Gasteiger partial charge in [-0.1, -0.05) is 42.0 Å². The van der Waals surface area contributed by atoms with Gasteiger partial charge in [0.25, 0.3) is 0 Å². The van der Waals surface area contributed by atoms with Crippen molar-refractivity contribution >= 4 is 5.69 Å². The summed E-state index contributed by atoms with van der Waals surface area (Å²) in [6.45, 7) is 7.43. The lowest BCUT2D eigenvalue weighted by atomic mass is 10.0. The third-order valence-electron chi connectivity index (χ3n) is 4.15. The zero-order chi connectivity index (χ0) is 14.1. The second kappa shape index (κ2) is 5.32. The first-order valence-corrected chi connectivity index (χ1v) is 7.54. The van der Waals surface area contributed by atoms with Gasteiger partial charge in [-0.05, 0) is 61.8 Å². The molecule has 1 heteroatoms. The SMILES string of the molecule is Cc1cc(C)c(NCc2cccc(C3CC3)c2)c(C)c1. The molecule has 0 aromatic heterocycles. The van der Waals surface area contributed by atoms with Crippen molar-refractivity contribution in [2.24, 2.45) is 0 Å². The summed E-state index contributed by atoms with van der Waals surface area (Å²) in [5, 5.41) is 3.61. The summed E-state index contributed by atoms with van der Waals surface area (Å²) in [5.74, 6) is 0.831. The van der Waals surface area contributed by atoms with Crippen LogP contribution in [0.5, 0.6) is 0 Å². The fraction of sp³-hybridized carbons (Fsp3) is 0.368. The lowest BCUT2D eigenvalue weighted by Gasteiger charge is -2.14. The highest BCUT2D eigenvalue weighted by atomic mass is 14.9. The Hall–Kier alpha value is -1.76. The molecule has 0 bridgehead atoms. The average Bonchev–Trinajstić information content (AvgIpc) is 3.22. The van der Waals surface area contributed by atoms with Crippen molar-refractivity contribution < 1.29 is 0 Å². The molecule has 104 valence electrons. The summed E-state index contributed by atoms with van der Waals surface area (Å²) in [7, 11) is 0.